The molecule has 28 heavy (non-hydrogen) atoms. The molecule has 6 nitrogen and oxygen atoms in total. The number of benzene rings is 1. The Kier molecular flexibility index (Phi) is 5.42. The van der Waals surface area contributed by atoms with Crippen molar-refractivity contribution in [2.24, 2.45) is 0 Å². The molecule has 0 unspecified atom stereocenters. The summed E-state index contributed by atoms with van der Waals surface area (Å²) in [5.74, 6) is 0.343. The van der Waals surface area contributed by atoms with Gasteiger partial charge in [-0.1, -0.05) is 35.3 Å². The third-order valence-corrected chi connectivity index (χ3v) is 5.67. The minimum Gasteiger partial charge on any atom is -0.447 e. The van der Waals surface area contributed by atoms with Crippen molar-refractivity contribution >= 4 is 35.2 Å². The minimum atomic E-state index is -0.407. The van der Waals surface area contributed by atoms with Gasteiger partial charge in [0.25, 0.3) is 0 Å². The Morgan fingerprint density at radius 1 is 1.25 bits per heavy atom. The Labute approximate surface area is 172 Å². The molecule has 2 saturated heterocycles. The van der Waals surface area contributed by atoms with Crippen LogP contribution in [0.25, 0.3) is 11.1 Å². The van der Waals surface area contributed by atoms with E-state index < -0.39 is 6.09 Å². The predicted octanol–water partition coefficient (Wildman–Crippen LogP) is 3.87. The molecule has 1 N–H and O–H groups in total. The lowest BCUT2D eigenvalue weighted by atomic mass is 9.94. The van der Waals surface area contributed by atoms with Crippen molar-refractivity contribution in [1.82, 2.24) is 15.2 Å². The van der Waals surface area contributed by atoms with Gasteiger partial charge in [-0.3, -0.25) is 9.78 Å². The van der Waals surface area contributed by atoms with Crippen LogP contribution in [0.1, 0.15) is 24.5 Å². The Hall–Kier alpha value is -2.31. The van der Waals surface area contributed by atoms with Gasteiger partial charge in [-0.2, -0.15) is 0 Å². The van der Waals surface area contributed by atoms with Crippen LogP contribution in [-0.2, 0) is 9.53 Å². The van der Waals surface area contributed by atoms with Crippen molar-refractivity contribution in [3.05, 3.63) is 52.3 Å². The lowest BCUT2D eigenvalue weighted by Gasteiger charge is -2.39. The number of likely N-dealkylation sites (tertiary alicyclic amines) is 1. The first-order valence-electron chi connectivity index (χ1n) is 9.12. The second kappa shape index (κ2) is 7.97. The third kappa shape index (κ3) is 4.08. The van der Waals surface area contributed by atoms with Gasteiger partial charge in [0, 0.05) is 58.5 Å². The van der Waals surface area contributed by atoms with Crippen LogP contribution in [0.3, 0.4) is 0 Å². The molecule has 146 valence electrons. The van der Waals surface area contributed by atoms with Gasteiger partial charge in [0.05, 0.1) is 6.04 Å². The number of hydrogen-bond acceptors (Lipinski definition) is 4. The van der Waals surface area contributed by atoms with E-state index in [-0.39, 0.29) is 17.9 Å². The molecule has 0 saturated carbocycles. The summed E-state index contributed by atoms with van der Waals surface area (Å²) in [5.41, 5.74) is 2.78. The molecule has 2 aromatic rings. The van der Waals surface area contributed by atoms with Gasteiger partial charge < -0.3 is 15.0 Å². The molecule has 2 aliphatic rings. The maximum atomic E-state index is 12.3. The molecule has 4 rings (SSSR count). The number of rotatable bonds is 5. The largest absolute Gasteiger partial charge is 0.447 e. The number of alkyl carbamates (subject to hydrolysis) is 1. The number of carbonyl (C=O) groups excluding carboxylic acids is 2. The Bertz CT molecular complexity index is 898. The zero-order valence-electron chi connectivity index (χ0n) is 15.0. The lowest BCUT2D eigenvalue weighted by Crippen LogP contribution is -2.49. The number of ether oxygens (including phenoxy) is 1. The van der Waals surface area contributed by atoms with E-state index in [9.17, 15) is 9.59 Å². The van der Waals surface area contributed by atoms with Crippen LogP contribution < -0.4 is 5.32 Å². The van der Waals surface area contributed by atoms with Crippen LogP contribution in [0, 0.1) is 0 Å². The number of hydrogen-bond donors (Lipinski definition) is 1. The van der Waals surface area contributed by atoms with Crippen LogP contribution in [-0.4, -0.2) is 47.6 Å². The number of carbonyl (C=O) groups is 2. The summed E-state index contributed by atoms with van der Waals surface area (Å²) < 4.78 is 4.83. The molecule has 2 aliphatic heterocycles. The van der Waals surface area contributed by atoms with E-state index in [4.69, 9.17) is 27.9 Å². The zero-order valence-corrected chi connectivity index (χ0v) is 16.5. The first-order valence-corrected chi connectivity index (χ1v) is 9.87. The van der Waals surface area contributed by atoms with E-state index >= 15 is 0 Å². The predicted molar refractivity (Wildman–Crippen MR) is 107 cm³/mol. The van der Waals surface area contributed by atoms with Crippen LogP contribution in [0.15, 0.2) is 36.5 Å². The Morgan fingerprint density at radius 2 is 2.07 bits per heavy atom. The van der Waals surface area contributed by atoms with E-state index in [1.807, 2.05) is 23.1 Å². The number of amides is 2. The van der Waals surface area contributed by atoms with Crippen LogP contribution in [0.2, 0.25) is 10.0 Å². The maximum absolute atomic E-state index is 12.3. The average molecular weight is 420 g/mol. The molecule has 0 radical (unpaired) electrons. The monoisotopic (exact) mass is 419 g/mol. The van der Waals surface area contributed by atoms with Crippen molar-refractivity contribution in [1.29, 1.82) is 0 Å². The van der Waals surface area contributed by atoms with Gasteiger partial charge in [-0.05, 0) is 24.6 Å². The van der Waals surface area contributed by atoms with Gasteiger partial charge in [-0.25, -0.2) is 4.79 Å². The molecule has 3 heterocycles. The molecule has 0 bridgehead atoms. The molecule has 1 aromatic carbocycles. The molecule has 2 fully saturated rings. The summed E-state index contributed by atoms with van der Waals surface area (Å²) >= 11 is 12.2. The summed E-state index contributed by atoms with van der Waals surface area (Å²) in [6, 6.07) is 9.30. The van der Waals surface area contributed by atoms with Crippen LogP contribution in [0.4, 0.5) is 4.79 Å². The summed E-state index contributed by atoms with van der Waals surface area (Å²) in [5, 5.41) is 3.87. The van der Waals surface area contributed by atoms with E-state index in [1.165, 1.54) is 0 Å². The minimum absolute atomic E-state index is 0.0672. The van der Waals surface area contributed by atoms with E-state index in [1.54, 1.807) is 18.3 Å². The van der Waals surface area contributed by atoms with Crippen molar-refractivity contribution in [2.45, 2.75) is 24.8 Å². The molecule has 0 spiro atoms. The summed E-state index contributed by atoms with van der Waals surface area (Å²) in [7, 11) is 0. The van der Waals surface area contributed by atoms with Gasteiger partial charge >= 0.3 is 6.09 Å². The SMILES string of the molecule is O=C1N[C@H](CCC(=O)N2CC(c3ccc(-c4ccc(Cl)cc4Cl)cn3)C2)CO1. The van der Waals surface area contributed by atoms with Gasteiger partial charge in [0.1, 0.15) is 6.61 Å². The summed E-state index contributed by atoms with van der Waals surface area (Å²) in [4.78, 5) is 29.7. The highest BCUT2D eigenvalue weighted by Crippen LogP contribution is 2.32. The topological polar surface area (TPSA) is 71.5 Å². The van der Waals surface area contributed by atoms with Crippen molar-refractivity contribution in [3.63, 3.8) is 0 Å². The zero-order chi connectivity index (χ0) is 19.7. The normalized spacial score (nSPS) is 19.1. The fourth-order valence-corrected chi connectivity index (χ4v) is 3.95. The number of halogens is 2. The smallest absolute Gasteiger partial charge is 0.407 e. The quantitative estimate of drug-likeness (QED) is 0.797. The highest BCUT2D eigenvalue weighted by molar-refractivity contribution is 6.36. The van der Waals surface area contributed by atoms with Crippen molar-refractivity contribution < 1.29 is 14.3 Å². The molecular weight excluding hydrogens is 401 g/mol. The number of cyclic esters (lactones) is 1. The number of nitrogens with one attached hydrogen (secondary N) is 1. The first kappa shape index (κ1) is 19.0. The van der Waals surface area contributed by atoms with Crippen molar-refractivity contribution in [2.75, 3.05) is 19.7 Å². The Morgan fingerprint density at radius 3 is 2.71 bits per heavy atom. The molecule has 1 aromatic heterocycles. The summed E-state index contributed by atoms with van der Waals surface area (Å²) in [6.07, 6.45) is 2.40. The van der Waals surface area contributed by atoms with Gasteiger partial charge in [0.2, 0.25) is 5.91 Å². The van der Waals surface area contributed by atoms with Gasteiger partial charge in [0.15, 0.2) is 0 Å². The Balaban J connectivity index is 1.29. The number of pyridine rings is 1. The fourth-order valence-electron chi connectivity index (χ4n) is 3.44. The van der Waals surface area contributed by atoms with Gasteiger partial charge in [-0.15, -0.1) is 0 Å². The van der Waals surface area contributed by atoms with E-state index in [0.717, 1.165) is 16.8 Å². The molecule has 1 atom stereocenters. The molecule has 0 aliphatic carbocycles. The lowest BCUT2D eigenvalue weighted by molar-refractivity contribution is -0.135. The number of aromatic nitrogens is 1. The molecule has 8 heteroatoms. The highest BCUT2D eigenvalue weighted by Gasteiger charge is 2.33. The summed E-state index contributed by atoms with van der Waals surface area (Å²) in [6.45, 7) is 1.67. The van der Waals surface area contributed by atoms with Crippen LogP contribution >= 0.6 is 23.2 Å². The van der Waals surface area contributed by atoms with E-state index in [2.05, 4.69) is 10.3 Å². The first-order chi connectivity index (χ1) is 13.5. The second-order valence-electron chi connectivity index (χ2n) is 7.07. The second-order valence-corrected chi connectivity index (χ2v) is 7.91. The van der Waals surface area contributed by atoms with Crippen LogP contribution in [0.5, 0.6) is 0 Å². The van der Waals surface area contributed by atoms with Crippen molar-refractivity contribution in [3.8, 4) is 11.1 Å². The average Bonchev–Trinajstić information content (AvgIpc) is 3.05. The standard InChI is InChI=1S/C20H19Cl2N3O3/c21-14-2-4-16(17(22)7-14)12-1-5-18(23-8-12)13-9-25(10-13)19(26)6-3-15-11-28-20(27)24-15/h1-2,4-5,7-8,13,15H,3,6,9-11H2,(H,24,27)/t15-/m1/s1. The molecule has 2 amide bonds. The molecular formula is C20H19Cl2N3O3. The fraction of sp³-hybridized carbons (Fsp3) is 0.350. The highest BCUT2D eigenvalue weighted by atomic mass is 35.5. The van der Waals surface area contributed by atoms with E-state index in [0.29, 0.717) is 42.6 Å². The third-order valence-electron chi connectivity index (χ3n) is 5.13. The number of nitrogens with zero attached hydrogens (tertiary/aromatic N) is 2. The maximum Gasteiger partial charge on any atom is 0.407 e.